The summed E-state index contributed by atoms with van der Waals surface area (Å²) >= 11 is 0. The Hall–Kier alpha value is -3.93. The van der Waals surface area contributed by atoms with E-state index in [1.165, 1.54) is 0 Å². The maximum absolute atomic E-state index is 13.0. The topological polar surface area (TPSA) is 73.2 Å². The Labute approximate surface area is 173 Å². The van der Waals surface area contributed by atoms with Gasteiger partial charge in [-0.05, 0) is 74.0 Å². The molecule has 1 heterocycles. The number of amides is 1. The van der Waals surface area contributed by atoms with Crippen LogP contribution in [0.5, 0.6) is 5.75 Å². The number of aromatic nitrogens is 2. The first-order chi connectivity index (χ1) is 14.5. The van der Waals surface area contributed by atoms with Crippen molar-refractivity contribution in [3.63, 3.8) is 0 Å². The molecular weight excluding hydrogens is 378 g/mol. The van der Waals surface area contributed by atoms with E-state index >= 15 is 0 Å². The Morgan fingerprint density at radius 1 is 1.00 bits per heavy atom. The maximum Gasteiger partial charge on any atom is 0.265 e. The highest BCUT2D eigenvalue weighted by Crippen LogP contribution is 2.21. The van der Waals surface area contributed by atoms with Gasteiger partial charge in [-0.3, -0.25) is 14.2 Å². The number of benzene rings is 3. The van der Waals surface area contributed by atoms with Crippen LogP contribution in [0.2, 0.25) is 0 Å². The number of hydrogen-bond donors (Lipinski definition) is 1. The molecule has 4 rings (SSSR count). The van der Waals surface area contributed by atoms with Gasteiger partial charge in [0.2, 0.25) is 0 Å². The second kappa shape index (κ2) is 7.83. The number of carbonyl (C=O) groups excluding carboxylic acids is 1. The van der Waals surface area contributed by atoms with Gasteiger partial charge in [0.15, 0.2) is 0 Å². The molecule has 0 bridgehead atoms. The van der Waals surface area contributed by atoms with Gasteiger partial charge in [-0.15, -0.1) is 0 Å². The van der Waals surface area contributed by atoms with Crippen molar-refractivity contribution in [3.05, 3.63) is 94.0 Å². The van der Waals surface area contributed by atoms with Gasteiger partial charge < -0.3 is 10.1 Å². The third kappa shape index (κ3) is 3.55. The summed E-state index contributed by atoms with van der Waals surface area (Å²) in [5.41, 5.74) is 3.32. The molecule has 0 aliphatic carbocycles. The molecule has 150 valence electrons. The van der Waals surface area contributed by atoms with Crippen LogP contribution in [0.25, 0.3) is 16.6 Å². The minimum atomic E-state index is -0.214. The summed E-state index contributed by atoms with van der Waals surface area (Å²) in [6.07, 6.45) is 0. The molecule has 0 radical (unpaired) electrons. The van der Waals surface area contributed by atoms with E-state index in [0.29, 0.717) is 39.4 Å². The van der Waals surface area contributed by atoms with E-state index in [2.05, 4.69) is 10.3 Å². The van der Waals surface area contributed by atoms with Crippen LogP contribution in [0.3, 0.4) is 0 Å². The van der Waals surface area contributed by atoms with Crippen LogP contribution < -0.4 is 15.6 Å². The monoisotopic (exact) mass is 399 g/mol. The van der Waals surface area contributed by atoms with E-state index in [-0.39, 0.29) is 11.5 Å². The van der Waals surface area contributed by atoms with Crippen molar-refractivity contribution in [3.8, 4) is 11.4 Å². The summed E-state index contributed by atoms with van der Waals surface area (Å²) in [4.78, 5) is 30.1. The fourth-order valence-electron chi connectivity index (χ4n) is 3.41. The van der Waals surface area contributed by atoms with Crippen molar-refractivity contribution in [1.82, 2.24) is 9.55 Å². The third-order valence-corrected chi connectivity index (χ3v) is 5.01. The molecule has 1 aromatic heterocycles. The van der Waals surface area contributed by atoms with Crippen LogP contribution in [-0.4, -0.2) is 22.6 Å². The molecule has 0 saturated carbocycles. The van der Waals surface area contributed by atoms with E-state index in [1.807, 2.05) is 44.2 Å². The highest BCUT2D eigenvalue weighted by molar-refractivity contribution is 6.04. The zero-order chi connectivity index (χ0) is 21.3. The Balaban J connectivity index is 1.66. The van der Waals surface area contributed by atoms with Gasteiger partial charge in [-0.1, -0.05) is 12.1 Å². The second-order valence-electron chi connectivity index (χ2n) is 7.00. The van der Waals surface area contributed by atoms with Gasteiger partial charge in [-0.25, -0.2) is 4.98 Å². The number of hydrogen-bond acceptors (Lipinski definition) is 4. The molecule has 0 atom stereocenters. The standard InChI is InChI=1S/C24H21N3O3/c1-15-14-18(27-16(2)25-22-7-5-4-6-20(22)24(27)29)10-13-21(15)26-23(28)17-8-11-19(30-3)12-9-17/h4-14H,1-3H3,(H,26,28). The van der Waals surface area contributed by atoms with E-state index in [9.17, 15) is 9.59 Å². The summed E-state index contributed by atoms with van der Waals surface area (Å²) < 4.78 is 6.71. The van der Waals surface area contributed by atoms with E-state index in [4.69, 9.17) is 4.74 Å². The molecule has 6 heteroatoms. The van der Waals surface area contributed by atoms with Crippen molar-refractivity contribution in [2.24, 2.45) is 0 Å². The first-order valence-corrected chi connectivity index (χ1v) is 9.53. The lowest BCUT2D eigenvalue weighted by Gasteiger charge is -2.14. The molecule has 3 aromatic carbocycles. The summed E-state index contributed by atoms with van der Waals surface area (Å²) in [5, 5.41) is 3.49. The predicted octanol–water partition coefficient (Wildman–Crippen LogP) is 4.26. The first-order valence-electron chi connectivity index (χ1n) is 9.53. The largest absolute Gasteiger partial charge is 0.497 e. The van der Waals surface area contributed by atoms with E-state index in [0.717, 1.165) is 5.56 Å². The van der Waals surface area contributed by atoms with Crippen LogP contribution in [0, 0.1) is 13.8 Å². The molecule has 1 amide bonds. The lowest BCUT2D eigenvalue weighted by atomic mass is 10.1. The number of para-hydroxylation sites is 1. The lowest BCUT2D eigenvalue weighted by molar-refractivity contribution is 0.102. The van der Waals surface area contributed by atoms with Crippen LogP contribution in [0.4, 0.5) is 5.69 Å². The molecule has 0 saturated heterocycles. The van der Waals surface area contributed by atoms with Crippen LogP contribution in [0.1, 0.15) is 21.7 Å². The molecule has 6 nitrogen and oxygen atoms in total. The fraction of sp³-hybridized carbons (Fsp3) is 0.125. The van der Waals surface area contributed by atoms with Crippen LogP contribution in [-0.2, 0) is 0 Å². The smallest absolute Gasteiger partial charge is 0.265 e. The Morgan fingerprint density at radius 2 is 1.73 bits per heavy atom. The summed E-state index contributed by atoms with van der Waals surface area (Å²) in [5.74, 6) is 1.08. The van der Waals surface area contributed by atoms with Gasteiger partial charge in [-0.2, -0.15) is 0 Å². The number of methoxy groups -OCH3 is 1. The number of ether oxygens (including phenoxy) is 1. The third-order valence-electron chi connectivity index (χ3n) is 5.01. The molecule has 30 heavy (non-hydrogen) atoms. The van der Waals surface area contributed by atoms with Gasteiger partial charge in [0, 0.05) is 11.3 Å². The average molecular weight is 399 g/mol. The van der Waals surface area contributed by atoms with Crippen molar-refractivity contribution in [1.29, 1.82) is 0 Å². The molecular formula is C24H21N3O3. The van der Waals surface area contributed by atoms with Gasteiger partial charge in [0.05, 0.1) is 23.7 Å². The molecule has 4 aromatic rings. The molecule has 0 aliphatic heterocycles. The highest BCUT2D eigenvalue weighted by Gasteiger charge is 2.12. The van der Waals surface area contributed by atoms with E-state index in [1.54, 1.807) is 48.1 Å². The number of rotatable bonds is 4. The quantitative estimate of drug-likeness (QED) is 0.556. The van der Waals surface area contributed by atoms with Gasteiger partial charge in [0.1, 0.15) is 11.6 Å². The van der Waals surface area contributed by atoms with E-state index < -0.39 is 0 Å². The van der Waals surface area contributed by atoms with Crippen molar-refractivity contribution >= 4 is 22.5 Å². The second-order valence-corrected chi connectivity index (χ2v) is 7.00. The Bertz CT molecular complexity index is 1310. The summed E-state index contributed by atoms with van der Waals surface area (Å²) in [6.45, 7) is 3.70. The zero-order valence-electron chi connectivity index (χ0n) is 17.0. The fourth-order valence-corrected chi connectivity index (χ4v) is 3.41. The maximum atomic E-state index is 13.0. The predicted molar refractivity (Wildman–Crippen MR) is 118 cm³/mol. The number of carbonyl (C=O) groups is 1. The number of nitrogens with zero attached hydrogens (tertiary/aromatic N) is 2. The van der Waals surface area contributed by atoms with Crippen LogP contribution in [0.15, 0.2) is 71.5 Å². The number of fused-ring (bicyclic) bond motifs is 1. The number of anilines is 1. The Morgan fingerprint density at radius 3 is 2.43 bits per heavy atom. The number of aryl methyl sites for hydroxylation is 2. The van der Waals surface area contributed by atoms with Crippen molar-refractivity contribution in [2.45, 2.75) is 13.8 Å². The van der Waals surface area contributed by atoms with Crippen molar-refractivity contribution in [2.75, 3.05) is 12.4 Å². The molecule has 1 N–H and O–H groups in total. The first kappa shape index (κ1) is 19.4. The van der Waals surface area contributed by atoms with Crippen LogP contribution >= 0.6 is 0 Å². The normalized spacial score (nSPS) is 10.8. The average Bonchev–Trinajstić information content (AvgIpc) is 2.75. The molecule has 0 spiro atoms. The highest BCUT2D eigenvalue weighted by atomic mass is 16.5. The minimum Gasteiger partial charge on any atom is -0.497 e. The SMILES string of the molecule is COc1ccc(C(=O)Nc2ccc(-n3c(C)nc4ccccc4c3=O)cc2C)cc1. The molecule has 0 fully saturated rings. The molecule has 0 aliphatic rings. The van der Waals surface area contributed by atoms with Gasteiger partial charge >= 0.3 is 0 Å². The van der Waals surface area contributed by atoms with Gasteiger partial charge in [0.25, 0.3) is 11.5 Å². The summed E-state index contributed by atoms with van der Waals surface area (Å²) in [7, 11) is 1.58. The lowest BCUT2D eigenvalue weighted by Crippen LogP contribution is -2.22. The zero-order valence-corrected chi connectivity index (χ0v) is 17.0. The summed E-state index contributed by atoms with van der Waals surface area (Å²) in [6, 6.07) is 19.7. The number of nitrogens with one attached hydrogen (secondary N) is 1. The minimum absolute atomic E-state index is 0.118. The van der Waals surface area contributed by atoms with Crippen molar-refractivity contribution < 1.29 is 9.53 Å². The Kier molecular flexibility index (Phi) is 5.06. The molecule has 0 unspecified atom stereocenters.